The number of aromatic nitrogens is 1. The molecule has 0 fully saturated rings. The molecule has 1 unspecified atom stereocenters. The minimum Gasteiger partial charge on any atom is -0.502 e. The summed E-state index contributed by atoms with van der Waals surface area (Å²) in [5, 5.41) is 12.6. The van der Waals surface area contributed by atoms with E-state index in [1.807, 2.05) is 0 Å². The quantitative estimate of drug-likeness (QED) is 0.620. The molecule has 0 bridgehead atoms. The van der Waals surface area contributed by atoms with Crippen molar-refractivity contribution in [2.24, 2.45) is 0 Å². The van der Waals surface area contributed by atoms with E-state index >= 15 is 0 Å². The lowest BCUT2D eigenvalue weighted by atomic mass is 10.1. The number of rotatable bonds is 3. The molecule has 3 rings (SSSR count). The molecule has 3 N–H and O–H groups in total. The number of halogens is 3. The highest BCUT2D eigenvalue weighted by Crippen LogP contribution is 2.19. The number of nitrogens with zero attached hydrogens (tertiary/aromatic N) is 2. The SMILES string of the molecule is CC1/C=C\[C@H](C)N(C)C(=O)c2c(O)c(=O)c(C(=O)NCc3c(F)cc(F)cc3F)cn2N1. The molecule has 0 aliphatic carbocycles. The van der Waals surface area contributed by atoms with Crippen LogP contribution in [0.25, 0.3) is 0 Å². The molecule has 1 aliphatic heterocycles. The van der Waals surface area contributed by atoms with Gasteiger partial charge in [-0.2, -0.15) is 0 Å². The van der Waals surface area contributed by atoms with Crippen molar-refractivity contribution in [3.8, 4) is 5.75 Å². The Morgan fingerprint density at radius 2 is 1.78 bits per heavy atom. The van der Waals surface area contributed by atoms with Crippen molar-refractivity contribution in [1.82, 2.24) is 14.9 Å². The monoisotopic (exact) mass is 450 g/mol. The summed E-state index contributed by atoms with van der Waals surface area (Å²) in [7, 11) is 1.49. The van der Waals surface area contributed by atoms with Crippen molar-refractivity contribution in [2.45, 2.75) is 32.5 Å². The highest BCUT2D eigenvalue weighted by molar-refractivity contribution is 5.98. The number of benzene rings is 1. The summed E-state index contributed by atoms with van der Waals surface area (Å²) >= 11 is 0. The minimum atomic E-state index is -1.21. The molecule has 0 saturated heterocycles. The van der Waals surface area contributed by atoms with Crippen molar-refractivity contribution < 1.29 is 27.9 Å². The summed E-state index contributed by atoms with van der Waals surface area (Å²) in [5.41, 5.74) is 0.203. The highest BCUT2D eigenvalue weighted by atomic mass is 19.1. The lowest BCUT2D eigenvalue weighted by Gasteiger charge is -2.24. The zero-order chi connectivity index (χ0) is 23.7. The number of fused-ring (bicyclic) bond motifs is 1. The molecule has 2 amide bonds. The van der Waals surface area contributed by atoms with Gasteiger partial charge < -0.3 is 20.7 Å². The van der Waals surface area contributed by atoms with Crippen LogP contribution >= 0.6 is 0 Å². The largest absolute Gasteiger partial charge is 0.502 e. The van der Waals surface area contributed by atoms with Crippen LogP contribution in [0.2, 0.25) is 0 Å². The lowest BCUT2D eigenvalue weighted by Crippen LogP contribution is -2.39. The molecule has 0 spiro atoms. The second-order valence-electron chi connectivity index (χ2n) is 7.43. The van der Waals surface area contributed by atoms with E-state index in [4.69, 9.17) is 0 Å². The number of carbonyl (C=O) groups is 2. The number of aromatic hydroxyl groups is 1. The third-order valence-electron chi connectivity index (χ3n) is 5.11. The molecule has 1 aromatic heterocycles. The van der Waals surface area contributed by atoms with Crippen LogP contribution in [0.15, 0.2) is 35.3 Å². The molecule has 1 aromatic carbocycles. The van der Waals surface area contributed by atoms with Crippen molar-refractivity contribution in [3.63, 3.8) is 0 Å². The summed E-state index contributed by atoms with van der Waals surface area (Å²) in [4.78, 5) is 39.4. The van der Waals surface area contributed by atoms with Gasteiger partial charge in [0.15, 0.2) is 11.4 Å². The first kappa shape index (κ1) is 22.9. The first-order valence-electron chi connectivity index (χ1n) is 9.63. The molecule has 0 radical (unpaired) electrons. The number of nitrogens with one attached hydrogen (secondary N) is 2. The van der Waals surface area contributed by atoms with Crippen LogP contribution in [0.3, 0.4) is 0 Å². The number of pyridine rings is 1. The maximum Gasteiger partial charge on any atom is 0.276 e. The molecule has 11 heteroatoms. The summed E-state index contributed by atoms with van der Waals surface area (Å²) in [6.07, 6.45) is 4.55. The second-order valence-corrected chi connectivity index (χ2v) is 7.43. The molecule has 8 nitrogen and oxygen atoms in total. The predicted molar refractivity (Wildman–Crippen MR) is 109 cm³/mol. The van der Waals surface area contributed by atoms with E-state index in [2.05, 4.69) is 10.7 Å². The third-order valence-corrected chi connectivity index (χ3v) is 5.11. The maximum absolute atomic E-state index is 13.8. The van der Waals surface area contributed by atoms with Crippen LogP contribution < -0.4 is 16.2 Å². The fraction of sp³-hybridized carbons (Fsp3) is 0.286. The van der Waals surface area contributed by atoms with Crippen LogP contribution in [0.1, 0.15) is 40.3 Å². The Morgan fingerprint density at radius 3 is 2.41 bits per heavy atom. The molecule has 2 aromatic rings. The van der Waals surface area contributed by atoms with E-state index in [9.17, 15) is 32.7 Å². The number of amides is 2. The van der Waals surface area contributed by atoms with Gasteiger partial charge in [0.25, 0.3) is 11.8 Å². The van der Waals surface area contributed by atoms with Crippen molar-refractivity contribution in [3.05, 3.63) is 75.0 Å². The van der Waals surface area contributed by atoms with Crippen molar-refractivity contribution in [1.29, 1.82) is 0 Å². The maximum atomic E-state index is 13.8. The zero-order valence-electron chi connectivity index (χ0n) is 17.4. The Labute approximate surface area is 180 Å². The molecular formula is C21H21F3N4O4. The summed E-state index contributed by atoms with van der Waals surface area (Å²) in [6.45, 7) is 2.82. The topological polar surface area (TPSA) is 104 Å². The average molecular weight is 450 g/mol. The Balaban J connectivity index is 1.99. The van der Waals surface area contributed by atoms with Crippen LogP contribution in [0.4, 0.5) is 13.2 Å². The molecule has 2 heterocycles. The van der Waals surface area contributed by atoms with Gasteiger partial charge in [0.05, 0.1) is 6.04 Å². The summed E-state index contributed by atoms with van der Waals surface area (Å²) in [5.74, 6) is -6.20. The number of carbonyl (C=O) groups excluding carboxylic acids is 2. The standard InChI is InChI=1S/C21H21F3N4O4/c1-10-4-5-11(2)27(3)21(32)17-19(30)18(29)14(9-28(17)26-10)20(31)25-8-13-15(23)6-12(22)7-16(13)24/h4-7,9-11,26,30H,8H2,1-3H3,(H,25,31)/b5-4-/t10?,11-/m0/s1. The fourth-order valence-corrected chi connectivity index (χ4v) is 3.15. The van der Waals surface area contributed by atoms with Crippen molar-refractivity contribution in [2.75, 3.05) is 12.5 Å². The van der Waals surface area contributed by atoms with Gasteiger partial charge in [-0.15, -0.1) is 0 Å². The predicted octanol–water partition coefficient (Wildman–Crippen LogP) is 1.86. The Morgan fingerprint density at radius 1 is 1.16 bits per heavy atom. The van der Waals surface area contributed by atoms with Gasteiger partial charge in [-0.25, -0.2) is 13.2 Å². The first-order valence-corrected chi connectivity index (χ1v) is 9.63. The Kier molecular flexibility index (Phi) is 6.28. The van der Waals surface area contributed by atoms with E-state index in [1.165, 1.54) is 11.9 Å². The van der Waals surface area contributed by atoms with E-state index in [0.717, 1.165) is 10.9 Å². The van der Waals surface area contributed by atoms with Gasteiger partial charge in [-0.3, -0.25) is 19.1 Å². The fourth-order valence-electron chi connectivity index (χ4n) is 3.15. The third kappa shape index (κ3) is 4.32. The Hall–Kier alpha value is -3.76. The van der Waals surface area contributed by atoms with Crippen LogP contribution in [-0.2, 0) is 6.54 Å². The smallest absolute Gasteiger partial charge is 0.276 e. The van der Waals surface area contributed by atoms with Gasteiger partial charge >= 0.3 is 0 Å². The molecule has 170 valence electrons. The normalized spacial score (nSPS) is 19.3. The highest BCUT2D eigenvalue weighted by Gasteiger charge is 2.29. The lowest BCUT2D eigenvalue weighted by molar-refractivity contribution is 0.0755. The molecule has 32 heavy (non-hydrogen) atoms. The summed E-state index contributed by atoms with van der Waals surface area (Å²) < 4.78 is 41.7. The average Bonchev–Trinajstić information content (AvgIpc) is 2.75. The number of hydrogen-bond donors (Lipinski definition) is 3. The minimum absolute atomic E-state index is 0.337. The van der Waals surface area contributed by atoms with E-state index < -0.39 is 58.1 Å². The van der Waals surface area contributed by atoms with Gasteiger partial charge in [-0.1, -0.05) is 12.2 Å². The van der Waals surface area contributed by atoms with Crippen molar-refractivity contribution >= 4 is 11.8 Å². The van der Waals surface area contributed by atoms with Gasteiger partial charge in [0.1, 0.15) is 23.0 Å². The van der Waals surface area contributed by atoms with E-state index in [0.29, 0.717) is 12.1 Å². The van der Waals surface area contributed by atoms with Gasteiger partial charge in [-0.05, 0) is 13.8 Å². The van der Waals surface area contributed by atoms with Gasteiger partial charge in [0.2, 0.25) is 5.43 Å². The summed E-state index contributed by atoms with van der Waals surface area (Å²) in [6, 6.07) is 0.232. The second kappa shape index (κ2) is 8.77. The zero-order valence-corrected chi connectivity index (χ0v) is 17.4. The van der Waals surface area contributed by atoms with E-state index in [-0.39, 0.29) is 17.8 Å². The number of hydrogen-bond acceptors (Lipinski definition) is 5. The molecule has 1 aliphatic rings. The van der Waals surface area contributed by atoms with Gasteiger partial charge in [0, 0.05) is 43.5 Å². The Bertz CT molecular complexity index is 1160. The number of likely N-dealkylation sites (N-methyl/N-ethyl adjacent to an activating group) is 1. The van der Waals surface area contributed by atoms with Crippen LogP contribution in [-0.4, -0.2) is 45.6 Å². The van der Waals surface area contributed by atoms with Crippen LogP contribution in [0, 0.1) is 17.5 Å². The molecular weight excluding hydrogens is 429 g/mol. The first-order chi connectivity index (χ1) is 15.0. The molecule has 2 atom stereocenters. The van der Waals surface area contributed by atoms with E-state index in [1.54, 1.807) is 26.0 Å². The molecule has 0 saturated carbocycles. The van der Waals surface area contributed by atoms with Crippen LogP contribution in [0.5, 0.6) is 5.75 Å².